The van der Waals surface area contributed by atoms with E-state index in [4.69, 9.17) is 13.9 Å². The molecule has 1 fully saturated rings. The van der Waals surface area contributed by atoms with Crippen molar-refractivity contribution in [3.63, 3.8) is 0 Å². The Balaban J connectivity index is 1.38. The van der Waals surface area contributed by atoms with E-state index >= 15 is 0 Å². The Bertz CT molecular complexity index is 2180. The number of nitro groups is 1. The van der Waals surface area contributed by atoms with Crippen molar-refractivity contribution in [3.05, 3.63) is 129 Å². The van der Waals surface area contributed by atoms with Crippen molar-refractivity contribution >= 4 is 17.2 Å². The second kappa shape index (κ2) is 17.3. The number of hydrogen-bond acceptors (Lipinski definition) is 13. The van der Waals surface area contributed by atoms with Crippen molar-refractivity contribution in [2.45, 2.75) is 70.6 Å². The van der Waals surface area contributed by atoms with Crippen LogP contribution >= 0.6 is 0 Å². The van der Waals surface area contributed by atoms with E-state index in [2.05, 4.69) is 21.6 Å². The Kier molecular flexibility index (Phi) is 12.3. The number of likely N-dealkylation sites (tertiary alicyclic amines) is 1. The molecule has 1 aliphatic heterocycles. The number of β-amino-alcohol motifs (C(OH)–C–C–N with tert-alkyl or cyclic N) is 1. The van der Waals surface area contributed by atoms with Gasteiger partial charge < -0.3 is 29.2 Å². The summed E-state index contributed by atoms with van der Waals surface area (Å²) < 4.78 is 19.0. The topological polar surface area (TPSA) is 217 Å². The number of aromatic nitrogens is 2. The van der Waals surface area contributed by atoms with E-state index in [0.29, 0.717) is 43.1 Å². The number of nitrogens with zero attached hydrogens (tertiary/aromatic N) is 5. The minimum Gasteiger partial charge on any atom is -0.488 e. The maximum atomic E-state index is 12.6. The molecule has 0 amide bonds. The number of ether oxygens (including phenoxy) is 2. The lowest BCUT2D eigenvalue weighted by molar-refractivity contribution is -0.386. The fourth-order valence-electron chi connectivity index (χ4n) is 7.15. The number of hydrogen-bond donors (Lipinski definition) is 4. The van der Waals surface area contributed by atoms with E-state index in [0.717, 1.165) is 16.7 Å². The molecule has 0 saturated carbocycles. The van der Waals surface area contributed by atoms with Crippen molar-refractivity contribution in [1.29, 1.82) is 5.26 Å². The first kappa shape index (κ1) is 39.8. The molecule has 1 aliphatic carbocycles. The third kappa shape index (κ3) is 8.79. The number of aryl methyl sites for hydroxylation is 1. The summed E-state index contributed by atoms with van der Waals surface area (Å²) in [5.74, 6) is -0.976. The number of aliphatic hydroxyl groups excluding tert-OH is 2. The van der Waals surface area contributed by atoms with Crippen LogP contribution in [0.5, 0.6) is 11.5 Å². The van der Waals surface area contributed by atoms with Crippen LogP contribution in [0.15, 0.2) is 83.3 Å². The number of rotatable bonds is 16. The Morgan fingerprint density at radius 2 is 1.98 bits per heavy atom. The van der Waals surface area contributed by atoms with Gasteiger partial charge in [-0.05, 0) is 54.7 Å². The van der Waals surface area contributed by atoms with Crippen LogP contribution in [-0.2, 0) is 29.9 Å². The number of nitrogens with one attached hydrogen (secondary N) is 1. The summed E-state index contributed by atoms with van der Waals surface area (Å²) in [5.41, 5.74) is 2.86. The fraction of sp³-hybridized carbons (Fsp3) is 0.366. The van der Waals surface area contributed by atoms with Crippen molar-refractivity contribution < 1.29 is 38.9 Å². The van der Waals surface area contributed by atoms with Gasteiger partial charge in [-0.25, -0.2) is 0 Å². The number of carboxylic acids is 1. The fourth-order valence-corrected chi connectivity index (χ4v) is 7.15. The minimum atomic E-state index is -1.37. The molecule has 1 saturated heterocycles. The summed E-state index contributed by atoms with van der Waals surface area (Å²) in [7, 11) is 0. The number of carbonyl (C=O) groups is 1. The number of benzene rings is 3. The van der Waals surface area contributed by atoms with E-state index in [1.165, 1.54) is 19.1 Å². The van der Waals surface area contributed by atoms with E-state index in [-0.39, 0.29) is 48.6 Å². The van der Waals surface area contributed by atoms with Gasteiger partial charge in [-0.15, -0.1) is 10.2 Å². The predicted octanol–water partition coefficient (Wildman–Crippen LogP) is 4.83. The highest BCUT2D eigenvalue weighted by molar-refractivity contribution is 5.75. The molecular weight excluding hydrogens is 720 g/mol. The molecule has 292 valence electrons. The number of aliphatic carboxylic acids is 1. The Hall–Kier alpha value is -5.92. The van der Waals surface area contributed by atoms with Gasteiger partial charge in [0, 0.05) is 43.2 Å². The summed E-state index contributed by atoms with van der Waals surface area (Å²) in [6, 6.07) is 18.1. The lowest BCUT2D eigenvalue weighted by atomic mass is 9.68. The van der Waals surface area contributed by atoms with E-state index in [1.54, 1.807) is 24.3 Å². The molecular formula is C41H44N6O9. The van der Waals surface area contributed by atoms with Crippen LogP contribution in [0, 0.1) is 34.3 Å². The average Bonchev–Trinajstić information content (AvgIpc) is 3.82. The Morgan fingerprint density at radius 1 is 1.18 bits per heavy atom. The van der Waals surface area contributed by atoms with Crippen LogP contribution in [0.4, 0.5) is 5.69 Å². The van der Waals surface area contributed by atoms with Crippen molar-refractivity contribution in [1.82, 2.24) is 20.4 Å². The van der Waals surface area contributed by atoms with Gasteiger partial charge in [0.15, 0.2) is 0 Å². The van der Waals surface area contributed by atoms with Crippen molar-refractivity contribution in [3.8, 4) is 17.6 Å². The van der Waals surface area contributed by atoms with Crippen LogP contribution in [0.2, 0.25) is 0 Å². The van der Waals surface area contributed by atoms with E-state index in [9.17, 15) is 35.5 Å². The average molecular weight is 765 g/mol. The molecule has 2 aliphatic rings. The largest absolute Gasteiger partial charge is 0.488 e. The molecule has 3 aromatic carbocycles. The molecule has 15 nitrogen and oxygen atoms in total. The summed E-state index contributed by atoms with van der Waals surface area (Å²) in [5, 5.41) is 63.4. The quantitative estimate of drug-likeness (QED) is 0.0888. The van der Waals surface area contributed by atoms with Gasteiger partial charge >= 0.3 is 11.7 Å². The molecule has 1 aromatic heterocycles. The van der Waals surface area contributed by atoms with Gasteiger partial charge in [-0.3, -0.25) is 25.1 Å². The van der Waals surface area contributed by atoms with Gasteiger partial charge in [0.2, 0.25) is 17.5 Å². The first-order valence-electron chi connectivity index (χ1n) is 18.3. The lowest BCUT2D eigenvalue weighted by Crippen LogP contribution is -2.44. The molecule has 15 heteroatoms. The molecule has 5 atom stereocenters. The molecule has 0 radical (unpaired) electrons. The SMILES string of the molecule is Cc1ccccc1C1=CC=CC(COc2cc(OCc3cccc(C#N)c3)c(CNC(C(=O)O)C(C)O)cc2[N+](=O)[O-])(c2nnc(CN3CC[C@@H](O)C3)o2)C1C. The third-order valence-corrected chi connectivity index (χ3v) is 10.4. The van der Waals surface area contributed by atoms with Gasteiger partial charge in [0.25, 0.3) is 0 Å². The first-order valence-corrected chi connectivity index (χ1v) is 18.3. The smallest absolute Gasteiger partial charge is 0.323 e. The monoisotopic (exact) mass is 764 g/mol. The predicted molar refractivity (Wildman–Crippen MR) is 203 cm³/mol. The molecule has 56 heavy (non-hydrogen) atoms. The van der Waals surface area contributed by atoms with Crippen LogP contribution in [-0.4, -0.2) is 79.3 Å². The van der Waals surface area contributed by atoms with E-state index in [1.807, 2.05) is 61.2 Å². The highest BCUT2D eigenvalue weighted by Gasteiger charge is 2.46. The van der Waals surface area contributed by atoms with Gasteiger partial charge in [0.05, 0.1) is 35.3 Å². The summed E-state index contributed by atoms with van der Waals surface area (Å²) in [6.07, 6.45) is 4.77. The second-order valence-corrected chi connectivity index (χ2v) is 14.2. The van der Waals surface area contributed by atoms with Gasteiger partial charge in [-0.1, -0.05) is 61.5 Å². The zero-order valence-corrected chi connectivity index (χ0v) is 31.3. The minimum absolute atomic E-state index is 0.0222. The standard InChI is InChI=1S/C41H44N6O9/c1-25-8-4-5-11-32(25)33-12-7-14-41(26(33)2,40-45-44-37(56-40)22-46-15-13-31(49)21-46)24-55-36-18-35(54-23-29-10-6-9-28(16-29)19-42)30(17-34(36)47(52)53)20-43-38(27(3)48)39(50)51/h4-12,14,16-18,26-27,31,38,43,48-49H,13,15,20-24H2,1-3H3,(H,50,51)/t26?,27?,31-,38?,41?/m1/s1. The number of carboxylic acid groups (broad SMARTS) is 1. The van der Waals surface area contributed by atoms with E-state index < -0.39 is 40.2 Å². The number of nitriles is 1. The lowest BCUT2D eigenvalue weighted by Gasteiger charge is -2.37. The van der Waals surface area contributed by atoms with Crippen LogP contribution in [0.25, 0.3) is 5.57 Å². The highest BCUT2D eigenvalue weighted by Crippen LogP contribution is 2.46. The van der Waals surface area contributed by atoms with Gasteiger partial charge in [0.1, 0.15) is 30.4 Å². The van der Waals surface area contributed by atoms with Crippen LogP contribution in [0.3, 0.4) is 0 Å². The molecule has 4 N–H and O–H groups in total. The molecule has 6 rings (SSSR count). The Morgan fingerprint density at radius 3 is 2.68 bits per heavy atom. The maximum Gasteiger partial charge on any atom is 0.323 e. The summed E-state index contributed by atoms with van der Waals surface area (Å²) in [6.45, 7) is 6.48. The number of nitro benzene ring substituents is 1. The zero-order valence-electron chi connectivity index (χ0n) is 31.3. The summed E-state index contributed by atoms with van der Waals surface area (Å²) >= 11 is 0. The normalized spacial score (nSPS) is 20.5. The second-order valence-electron chi connectivity index (χ2n) is 14.2. The molecule has 4 unspecified atom stereocenters. The molecule has 0 bridgehead atoms. The molecule has 0 spiro atoms. The van der Waals surface area contributed by atoms with Crippen LogP contribution in [0.1, 0.15) is 59.9 Å². The zero-order chi connectivity index (χ0) is 40.0. The highest BCUT2D eigenvalue weighted by atomic mass is 16.6. The van der Waals surface area contributed by atoms with Gasteiger partial charge in [-0.2, -0.15) is 5.26 Å². The Labute approximate surface area is 323 Å². The number of allylic oxidation sites excluding steroid dienone is 3. The first-order chi connectivity index (χ1) is 26.9. The summed E-state index contributed by atoms with van der Waals surface area (Å²) in [4.78, 5) is 25.9. The third-order valence-electron chi connectivity index (χ3n) is 10.4. The number of aliphatic hydroxyl groups is 2. The van der Waals surface area contributed by atoms with Crippen LogP contribution < -0.4 is 14.8 Å². The van der Waals surface area contributed by atoms with Crippen molar-refractivity contribution in [2.75, 3.05) is 19.7 Å². The molecule has 4 aromatic rings. The molecule has 2 heterocycles. The maximum absolute atomic E-state index is 12.6. The van der Waals surface area contributed by atoms with Crippen molar-refractivity contribution in [2.24, 2.45) is 5.92 Å².